The molecule has 1 N–H and O–H groups in total. The number of ether oxygens (including phenoxy) is 1. The van der Waals surface area contributed by atoms with E-state index in [1.54, 1.807) is 0 Å². The summed E-state index contributed by atoms with van der Waals surface area (Å²) >= 11 is 0. The van der Waals surface area contributed by atoms with Gasteiger partial charge in [-0.2, -0.15) is 0 Å². The Kier molecular flexibility index (Phi) is 4.20. The lowest BCUT2D eigenvalue weighted by Crippen LogP contribution is -2.56. The number of carboxylic acids is 1. The second-order valence-electron chi connectivity index (χ2n) is 6.83. The van der Waals surface area contributed by atoms with Crippen LogP contribution in [-0.4, -0.2) is 47.2 Å². The molecule has 2 atom stereocenters. The van der Waals surface area contributed by atoms with Gasteiger partial charge in [-0.15, -0.1) is 0 Å². The summed E-state index contributed by atoms with van der Waals surface area (Å²) in [6, 6.07) is 0. The molecule has 3 rings (SSSR count). The molecule has 1 saturated heterocycles. The average Bonchev–Trinajstić information content (AvgIpc) is 2.62. The van der Waals surface area contributed by atoms with Gasteiger partial charge in [0.25, 0.3) is 0 Å². The van der Waals surface area contributed by atoms with Crippen molar-refractivity contribution in [2.24, 2.45) is 11.8 Å². The van der Waals surface area contributed by atoms with Gasteiger partial charge in [-0.3, -0.25) is 9.59 Å². The number of carbonyl (C=O) groups is 2. The molecule has 118 valence electrons. The quantitative estimate of drug-likeness (QED) is 0.846. The molecule has 2 aliphatic carbocycles. The molecule has 2 unspecified atom stereocenters. The van der Waals surface area contributed by atoms with Gasteiger partial charge in [-0.25, -0.2) is 0 Å². The maximum Gasteiger partial charge on any atom is 0.307 e. The molecule has 0 aromatic carbocycles. The molecule has 3 aliphatic rings. The standard InChI is InChI=1S/C16H25NO4/c18-14(12-5-6-13(12)15(19)20)17-9-10-21-16(11-17)7-3-1-2-4-8-16/h12-13H,1-11H2,(H,19,20). The van der Waals surface area contributed by atoms with Crippen molar-refractivity contribution in [3.8, 4) is 0 Å². The molecule has 1 spiro atoms. The number of hydrogen-bond donors (Lipinski definition) is 1. The van der Waals surface area contributed by atoms with Crippen molar-refractivity contribution in [2.45, 2.75) is 57.0 Å². The zero-order chi connectivity index (χ0) is 14.9. The molecular weight excluding hydrogens is 270 g/mol. The van der Waals surface area contributed by atoms with E-state index in [9.17, 15) is 9.59 Å². The maximum absolute atomic E-state index is 12.6. The largest absolute Gasteiger partial charge is 0.481 e. The normalized spacial score (nSPS) is 32.3. The van der Waals surface area contributed by atoms with Crippen molar-refractivity contribution < 1.29 is 19.4 Å². The number of amides is 1. The Morgan fingerprint density at radius 2 is 1.71 bits per heavy atom. The van der Waals surface area contributed by atoms with Gasteiger partial charge in [0, 0.05) is 13.1 Å². The summed E-state index contributed by atoms with van der Waals surface area (Å²) < 4.78 is 6.06. The lowest BCUT2D eigenvalue weighted by Gasteiger charge is -2.45. The minimum absolute atomic E-state index is 0.0422. The van der Waals surface area contributed by atoms with Crippen LogP contribution in [0.2, 0.25) is 0 Å². The molecule has 3 fully saturated rings. The van der Waals surface area contributed by atoms with Crippen LogP contribution in [0.4, 0.5) is 0 Å². The van der Waals surface area contributed by atoms with Crippen LogP contribution in [0.3, 0.4) is 0 Å². The summed E-state index contributed by atoms with van der Waals surface area (Å²) in [6.45, 7) is 1.87. The van der Waals surface area contributed by atoms with E-state index in [-0.39, 0.29) is 17.4 Å². The average molecular weight is 295 g/mol. The van der Waals surface area contributed by atoms with E-state index in [1.165, 1.54) is 25.7 Å². The molecule has 2 saturated carbocycles. The van der Waals surface area contributed by atoms with Crippen LogP contribution in [0.5, 0.6) is 0 Å². The van der Waals surface area contributed by atoms with Crippen LogP contribution < -0.4 is 0 Å². The third-order valence-electron chi connectivity index (χ3n) is 5.48. The van der Waals surface area contributed by atoms with Crippen molar-refractivity contribution in [1.29, 1.82) is 0 Å². The number of rotatable bonds is 2. The van der Waals surface area contributed by atoms with Crippen LogP contribution in [-0.2, 0) is 14.3 Å². The fourth-order valence-corrected chi connectivity index (χ4v) is 4.03. The van der Waals surface area contributed by atoms with E-state index < -0.39 is 11.9 Å². The van der Waals surface area contributed by atoms with Gasteiger partial charge in [0.15, 0.2) is 0 Å². The predicted octanol–water partition coefficient (Wildman–Crippen LogP) is 2.05. The Bertz CT molecular complexity index is 415. The molecule has 0 bridgehead atoms. The van der Waals surface area contributed by atoms with Gasteiger partial charge in [0.1, 0.15) is 0 Å². The molecule has 0 radical (unpaired) electrons. The number of hydrogen-bond acceptors (Lipinski definition) is 3. The van der Waals surface area contributed by atoms with E-state index in [2.05, 4.69) is 0 Å². The Labute approximate surface area is 125 Å². The van der Waals surface area contributed by atoms with Crippen LogP contribution in [0.25, 0.3) is 0 Å². The first kappa shape index (κ1) is 14.8. The fourth-order valence-electron chi connectivity index (χ4n) is 4.03. The number of morpholine rings is 1. The highest BCUT2D eigenvalue weighted by molar-refractivity contribution is 5.86. The number of carboxylic acid groups (broad SMARTS) is 1. The van der Waals surface area contributed by atoms with E-state index in [0.717, 1.165) is 19.3 Å². The summed E-state index contributed by atoms with van der Waals surface area (Å²) in [4.78, 5) is 25.6. The van der Waals surface area contributed by atoms with E-state index in [4.69, 9.17) is 9.84 Å². The first-order chi connectivity index (χ1) is 10.1. The third-order valence-corrected chi connectivity index (χ3v) is 5.48. The molecule has 0 aromatic rings. The summed E-state index contributed by atoms with van der Waals surface area (Å²) in [5.41, 5.74) is -0.160. The Hall–Kier alpha value is -1.10. The van der Waals surface area contributed by atoms with E-state index in [1.807, 2.05) is 4.90 Å². The predicted molar refractivity (Wildman–Crippen MR) is 76.8 cm³/mol. The number of aliphatic carboxylic acids is 1. The lowest BCUT2D eigenvalue weighted by molar-refractivity contribution is -0.167. The minimum Gasteiger partial charge on any atom is -0.481 e. The Balaban J connectivity index is 1.65. The topological polar surface area (TPSA) is 66.8 Å². The molecule has 1 aliphatic heterocycles. The fraction of sp³-hybridized carbons (Fsp3) is 0.875. The lowest BCUT2D eigenvalue weighted by atomic mass is 9.72. The summed E-state index contributed by atoms with van der Waals surface area (Å²) in [6.07, 6.45) is 8.27. The molecule has 5 nitrogen and oxygen atoms in total. The van der Waals surface area contributed by atoms with Crippen LogP contribution in [0, 0.1) is 11.8 Å². The van der Waals surface area contributed by atoms with E-state index >= 15 is 0 Å². The highest BCUT2D eigenvalue weighted by atomic mass is 16.5. The maximum atomic E-state index is 12.6. The molecule has 5 heteroatoms. The number of nitrogens with zero attached hydrogens (tertiary/aromatic N) is 1. The highest BCUT2D eigenvalue weighted by Crippen LogP contribution is 2.38. The van der Waals surface area contributed by atoms with Crippen molar-refractivity contribution >= 4 is 11.9 Å². The molecule has 1 heterocycles. The number of carbonyl (C=O) groups excluding carboxylic acids is 1. The van der Waals surface area contributed by atoms with Crippen LogP contribution in [0.15, 0.2) is 0 Å². The molecular formula is C16H25NO4. The van der Waals surface area contributed by atoms with Crippen molar-refractivity contribution in [3.05, 3.63) is 0 Å². The smallest absolute Gasteiger partial charge is 0.307 e. The van der Waals surface area contributed by atoms with Gasteiger partial charge in [-0.1, -0.05) is 25.7 Å². The zero-order valence-corrected chi connectivity index (χ0v) is 12.6. The second kappa shape index (κ2) is 5.95. The van der Waals surface area contributed by atoms with Crippen LogP contribution in [0.1, 0.15) is 51.4 Å². The SMILES string of the molecule is O=C(O)C1CCC1C(=O)N1CCOC2(CCCCCC2)C1. The molecule has 0 aromatic heterocycles. The van der Waals surface area contributed by atoms with Gasteiger partial charge >= 0.3 is 5.97 Å². The minimum atomic E-state index is -0.822. The first-order valence-electron chi connectivity index (χ1n) is 8.27. The van der Waals surface area contributed by atoms with Crippen molar-refractivity contribution in [1.82, 2.24) is 4.90 Å². The van der Waals surface area contributed by atoms with Crippen molar-refractivity contribution in [3.63, 3.8) is 0 Å². The van der Waals surface area contributed by atoms with Gasteiger partial charge in [-0.05, 0) is 25.7 Å². The summed E-state index contributed by atoms with van der Waals surface area (Å²) in [5, 5.41) is 9.13. The van der Waals surface area contributed by atoms with Gasteiger partial charge in [0.2, 0.25) is 5.91 Å². The first-order valence-corrected chi connectivity index (χ1v) is 8.27. The van der Waals surface area contributed by atoms with Crippen LogP contribution >= 0.6 is 0 Å². The Morgan fingerprint density at radius 3 is 2.29 bits per heavy atom. The van der Waals surface area contributed by atoms with Crippen molar-refractivity contribution in [2.75, 3.05) is 19.7 Å². The van der Waals surface area contributed by atoms with Gasteiger partial charge in [0.05, 0.1) is 24.0 Å². The van der Waals surface area contributed by atoms with E-state index in [0.29, 0.717) is 26.1 Å². The highest BCUT2D eigenvalue weighted by Gasteiger charge is 2.46. The zero-order valence-electron chi connectivity index (χ0n) is 12.6. The molecule has 21 heavy (non-hydrogen) atoms. The monoisotopic (exact) mass is 295 g/mol. The van der Waals surface area contributed by atoms with Gasteiger partial charge < -0.3 is 14.7 Å². The third kappa shape index (κ3) is 2.93. The summed E-state index contributed by atoms with van der Waals surface area (Å²) in [5.74, 6) is -1.55. The Morgan fingerprint density at radius 1 is 1.05 bits per heavy atom. The molecule has 1 amide bonds. The second-order valence-corrected chi connectivity index (χ2v) is 6.83. The summed E-state index contributed by atoms with van der Waals surface area (Å²) in [7, 11) is 0.